The van der Waals surface area contributed by atoms with Gasteiger partial charge >= 0.3 is 0 Å². The van der Waals surface area contributed by atoms with Crippen LogP contribution in [0.3, 0.4) is 0 Å². The molecule has 1 amide bonds. The Kier molecular flexibility index (Phi) is 10.4. The average molecular weight is 578 g/mol. The molecule has 1 fully saturated rings. The van der Waals surface area contributed by atoms with Crippen LogP contribution in [-0.4, -0.2) is 56.7 Å². The van der Waals surface area contributed by atoms with Gasteiger partial charge in [-0.1, -0.05) is 39.5 Å². The molecule has 1 heterocycles. The second-order valence-electron chi connectivity index (χ2n) is 10.9. The number of hydrogen-bond acceptors (Lipinski definition) is 7. The minimum atomic E-state index is -3.62. The van der Waals surface area contributed by atoms with Crippen LogP contribution in [0.1, 0.15) is 62.7 Å². The Morgan fingerprint density at radius 3 is 2.36 bits per heavy atom. The fourth-order valence-corrected chi connectivity index (χ4v) is 6.59. The van der Waals surface area contributed by atoms with Crippen LogP contribution in [0, 0.1) is 10.7 Å². The molecular weight excluding hydrogens is 534 g/mol. The van der Waals surface area contributed by atoms with Crippen molar-refractivity contribution in [2.75, 3.05) is 46.7 Å². The smallest absolute Gasteiger partial charge is 0.257 e. The summed E-state index contributed by atoms with van der Waals surface area (Å²) in [4.78, 5) is 15.8. The molecule has 0 spiro atoms. The third kappa shape index (κ3) is 8.68. The van der Waals surface area contributed by atoms with Crippen molar-refractivity contribution in [3.8, 4) is 0 Å². The highest BCUT2D eigenvalue weighted by atomic mass is 32.2. The molecule has 1 aliphatic rings. The molecule has 2 aromatic rings. The molecule has 0 aromatic heterocycles. The van der Waals surface area contributed by atoms with E-state index in [1.807, 2.05) is 0 Å². The van der Waals surface area contributed by atoms with Crippen molar-refractivity contribution in [1.82, 2.24) is 0 Å². The van der Waals surface area contributed by atoms with E-state index in [9.17, 15) is 17.4 Å². The number of carbonyl (C=O) groups excluding carboxylic acids is 1. The Morgan fingerprint density at radius 1 is 1.10 bits per heavy atom. The minimum absolute atomic E-state index is 0.0557. The van der Waals surface area contributed by atoms with Crippen LogP contribution in [0.5, 0.6) is 0 Å². The number of nitrogens with two attached hydrogens (primary N) is 1. The predicted molar refractivity (Wildman–Crippen MR) is 161 cm³/mol. The first-order chi connectivity index (χ1) is 18.3. The standard InChI is InChI=1S/C28H43N5O4S2/c1-21(2)9-7-5-6-8-18-39(30,37)25-13-10-23(11-14-25)31-28(34)26-15-12-24(33-17-16-22(29)20-33)19-27(26)32(3)38(4,35)36/h10-15,19,21-22,30H,5-9,16-18,20,29H2,1-4H3,(H,31,34)/t22-,39?/m1/s1. The average Bonchev–Trinajstić information content (AvgIpc) is 3.31. The van der Waals surface area contributed by atoms with E-state index < -0.39 is 25.7 Å². The van der Waals surface area contributed by atoms with Crippen molar-refractivity contribution in [2.24, 2.45) is 11.7 Å². The van der Waals surface area contributed by atoms with Crippen molar-refractivity contribution in [1.29, 1.82) is 4.78 Å². The molecule has 1 saturated heterocycles. The van der Waals surface area contributed by atoms with Crippen LogP contribution in [0.25, 0.3) is 0 Å². The molecule has 39 heavy (non-hydrogen) atoms. The fraction of sp³-hybridized carbons (Fsp3) is 0.536. The third-order valence-corrected chi connectivity index (χ3v) is 10.2. The Morgan fingerprint density at radius 2 is 1.77 bits per heavy atom. The van der Waals surface area contributed by atoms with E-state index in [0.29, 0.717) is 28.8 Å². The molecular formula is C28H43N5O4S2. The van der Waals surface area contributed by atoms with Crippen molar-refractivity contribution < 1.29 is 17.4 Å². The van der Waals surface area contributed by atoms with Gasteiger partial charge in [0.1, 0.15) is 0 Å². The Bertz CT molecular complexity index is 1340. The summed E-state index contributed by atoms with van der Waals surface area (Å²) in [6, 6.07) is 11.7. The maximum absolute atomic E-state index is 13.2. The topological polar surface area (TPSA) is 137 Å². The molecule has 216 valence electrons. The van der Waals surface area contributed by atoms with Crippen molar-refractivity contribution in [3.05, 3.63) is 48.0 Å². The maximum Gasteiger partial charge on any atom is 0.257 e. The number of benzene rings is 2. The molecule has 0 radical (unpaired) electrons. The number of rotatable bonds is 13. The van der Waals surface area contributed by atoms with Gasteiger partial charge in [0.25, 0.3) is 5.91 Å². The number of nitrogens with zero attached hydrogens (tertiary/aromatic N) is 2. The Hall–Kier alpha value is -2.63. The van der Waals surface area contributed by atoms with Crippen LogP contribution >= 0.6 is 0 Å². The maximum atomic E-state index is 13.2. The molecule has 1 unspecified atom stereocenters. The van der Waals surface area contributed by atoms with Gasteiger partial charge in [-0.05, 0) is 61.2 Å². The fourth-order valence-electron chi connectivity index (χ4n) is 4.66. The normalized spacial score (nSPS) is 17.3. The Labute approximate surface area is 234 Å². The molecule has 0 saturated carbocycles. The number of anilines is 3. The first-order valence-corrected chi connectivity index (χ1v) is 17.1. The predicted octanol–water partition coefficient (Wildman–Crippen LogP) is 4.88. The molecule has 1 aliphatic heterocycles. The molecule has 3 rings (SSSR count). The summed E-state index contributed by atoms with van der Waals surface area (Å²) in [5, 5.41) is 2.81. The number of carbonyl (C=O) groups is 1. The summed E-state index contributed by atoms with van der Waals surface area (Å²) in [7, 11) is -5.11. The second-order valence-corrected chi connectivity index (χ2v) is 15.1. The first kappa shape index (κ1) is 30.9. The monoisotopic (exact) mass is 577 g/mol. The van der Waals surface area contributed by atoms with E-state index in [1.165, 1.54) is 13.5 Å². The zero-order chi connectivity index (χ0) is 28.8. The summed E-state index contributed by atoms with van der Waals surface area (Å²) in [5.74, 6) is 0.534. The summed E-state index contributed by atoms with van der Waals surface area (Å²) < 4.78 is 47.1. The molecule has 11 heteroatoms. The highest BCUT2D eigenvalue weighted by Crippen LogP contribution is 2.30. The number of unbranched alkanes of at least 4 members (excludes halogenated alkanes) is 3. The summed E-state index contributed by atoms with van der Waals surface area (Å²) in [5.41, 5.74) is 7.79. The van der Waals surface area contributed by atoms with Gasteiger partial charge in [0.2, 0.25) is 10.0 Å². The van der Waals surface area contributed by atoms with E-state index in [1.54, 1.807) is 42.5 Å². The lowest BCUT2D eigenvalue weighted by molar-refractivity contribution is 0.102. The lowest BCUT2D eigenvalue weighted by Crippen LogP contribution is -2.29. The number of nitrogens with one attached hydrogen (secondary N) is 2. The largest absolute Gasteiger partial charge is 0.370 e. The summed E-state index contributed by atoms with van der Waals surface area (Å²) in [6.07, 6.45) is 7.07. The van der Waals surface area contributed by atoms with E-state index in [2.05, 4.69) is 24.1 Å². The van der Waals surface area contributed by atoms with Crippen molar-refractivity contribution in [2.45, 2.75) is 63.3 Å². The molecule has 2 atom stereocenters. The molecule has 9 nitrogen and oxygen atoms in total. The Balaban J connectivity index is 1.70. The lowest BCUT2D eigenvalue weighted by atomic mass is 10.0. The van der Waals surface area contributed by atoms with E-state index in [4.69, 9.17) is 10.5 Å². The van der Waals surface area contributed by atoms with E-state index >= 15 is 0 Å². The highest BCUT2D eigenvalue weighted by molar-refractivity contribution is 7.92. The quantitative estimate of drug-likeness (QED) is 0.290. The van der Waals surface area contributed by atoms with Gasteiger partial charge in [-0.2, -0.15) is 0 Å². The first-order valence-electron chi connectivity index (χ1n) is 13.5. The minimum Gasteiger partial charge on any atom is -0.370 e. The number of hydrogen-bond donors (Lipinski definition) is 3. The van der Waals surface area contributed by atoms with Gasteiger partial charge in [0, 0.05) is 48.2 Å². The van der Waals surface area contributed by atoms with Crippen LogP contribution in [-0.2, 0) is 19.8 Å². The van der Waals surface area contributed by atoms with Crippen molar-refractivity contribution in [3.63, 3.8) is 0 Å². The SMILES string of the molecule is CC(C)CCCCCCS(=N)(=O)c1ccc(NC(=O)c2ccc(N3CC[C@@H](N)C3)cc2N(C)S(C)(=O)=O)cc1. The number of amides is 1. The van der Waals surface area contributed by atoms with Gasteiger partial charge < -0.3 is 16.0 Å². The third-order valence-electron chi connectivity index (χ3n) is 7.11. The van der Waals surface area contributed by atoms with Crippen LogP contribution in [0.15, 0.2) is 47.4 Å². The summed E-state index contributed by atoms with van der Waals surface area (Å²) >= 11 is 0. The highest BCUT2D eigenvalue weighted by Gasteiger charge is 2.24. The van der Waals surface area contributed by atoms with Crippen LogP contribution in [0.2, 0.25) is 0 Å². The lowest BCUT2D eigenvalue weighted by Gasteiger charge is -2.24. The van der Waals surface area contributed by atoms with Gasteiger partial charge in [-0.25, -0.2) is 17.4 Å². The van der Waals surface area contributed by atoms with Crippen LogP contribution in [0.4, 0.5) is 17.1 Å². The summed E-state index contributed by atoms with van der Waals surface area (Å²) in [6.45, 7) is 5.84. The van der Waals surface area contributed by atoms with Gasteiger partial charge in [-0.15, -0.1) is 0 Å². The zero-order valence-corrected chi connectivity index (χ0v) is 25.1. The van der Waals surface area contributed by atoms with Gasteiger partial charge in [0.15, 0.2) is 0 Å². The molecule has 2 aromatic carbocycles. The van der Waals surface area contributed by atoms with Crippen molar-refractivity contribution >= 4 is 42.7 Å². The van der Waals surface area contributed by atoms with Gasteiger partial charge in [0.05, 0.1) is 27.2 Å². The molecule has 4 N–H and O–H groups in total. The second kappa shape index (κ2) is 13.1. The zero-order valence-electron chi connectivity index (χ0n) is 23.5. The van der Waals surface area contributed by atoms with E-state index in [0.717, 1.165) is 54.9 Å². The van der Waals surface area contributed by atoms with Gasteiger partial charge in [-0.3, -0.25) is 9.10 Å². The number of sulfonamides is 1. The molecule has 0 bridgehead atoms. The van der Waals surface area contributed by atoms with Crippen LogP contribution < -0.4 is 20.3 Å². The van der Waals surface area contributed by atoms with E-state index in [-0.39, 0.29) is 17.3 Å². The molecule has 0 aliphatic carbocycles.